The van der Waals surface area contributed by atoms with Crippen LogP contribution in [0.25, 0.3) is 16.4 Å². The minimum absolute atomic E-state index is 0.127. The van der Waals surface area contributed by atoms with Crippen LogP contribution in [0, 0.1) is 5.92 Å². The van der Waals surface area contributed by atoms with E-state index in [0.29, 0.717) is 12.2 Å². The second kappa shape index (κ2) is 8.93. The lowest BCUT2D eigenvalue weighted by molar-refractivity contribution is 0.0946. The molecule has 1 aliphatic carbocycles. The number of aromatic nitrogens is 2. The van der Waals surface area contributed by atoms with Crippen LogP contribution in [0.5, 0.6) is 0 Å². The molecule has 6 heteroatoms. The van der Waals surface area contributed by atoms with Gasteiger partial charge in [0, 0.05) is 25.4 Å². The number of amides is 1. The van der Waals surface area contributed by atoms with Crippen molar-refractivity contribution >= 4 is 22.3 Å². The first-order chi connectivity index (χ1) is 15.7. The van der Waals surface area contributed by atoms with Crippen LogP contribution in [0.2, 0.25) is 0 Å². The zero-order valence-corrected chi connectivity index (χ0v) is 17.9. The average Bonchev–Trinajstić information content (AvgIpc) is 2.78. The summed E-state index contributed by atoms with van der Waals surface area (Å²) >= 11 is 0. The number of benzene rings is 2. The van der Waals surface area contributed by atoms with E-state index in [0.717, 1.165) is 30.0 Å². The predicted molar refractivity (Wildman–Crippen MR) is 126 cm³/mol. The summed E-state index contributed by atoms with van der Waals surface area (Å²) in [6, 6.07) is 19.2. The van der Waals surface area contributed by atoms with Gasteiger partial charge in [-0.25, -0.2) is 4.98 Å². The molecule has 0 bridgehead atoms. The molecule has 0 radical (unpaired) electrons. The van der Waals surface area contributed by atoms with Crippen molar-refractivity contribution in [2.45, 2.75) is 32.4 Å². The molecule has 0 unspecified atom stereocenters. The van der Waals surface area contributed by atoms with Crippen LogP contribution in [0.1, 0.15) is 40.9 Å². The molecule has 162 valence electrons. The number of fused-ring (bicyclic) bond motifs is 2. The molecule has 1 saturated carbocycles. The fraction of sp³-hybridized carbons (Fsp3) is 0.269. The van der Waals surface area contributed by atoms with Gasteiger partial charge >= 0.3 is 0 Å². The lowest BCUT2D eigenvalue weighted by Crippen LogP contribution is -2.27. The maximum atomic E-state index is 12.6. The molecule has 4 aromatic rings. The maximum Gasteiger partial charge on any atom is 0.270 e. The fourth-order valence-corrected chi connectivity index (χ4v) is 4.13. The van der Waals surface area contributed by atoms with E-state index in [-0.39, 0.29) is 17.2 Å². The number of rotatable bonds is 7. The molecule has 0 atom stereocenters. The Labute approximate surface area is 186 Å². The van der Waals surface area contributed by atoms with Crippen LogP contribution < -0.4 is 16.2 Å². The molecule has 2 heterocycles. The van der Waals surface area contributed by atoms with Crippen molar-refractivity contribution in [2.24, 2.45) is 5.92 Å². The maximum absolute atomic E-state index is 12.6. The topological polar surface area (TPSA) is 75.5 Å². The second-order valence-corrected chi connectivity index (χ2v) is 8.53. The second-order valence-electron chi connectivity index (χ2n) is 8.53. The Balaban J connectivity index is 1.26. The van der Waals surface area contributed by atoms with E-state index in [1.165, 1.54) is 40.7 Å². The van der Waals surface area contributed by atoms with Gasteiger partial charge in [0.05, 0.1) is 0 Å². The van der Waals surface area contributed by atoms with Gasteiger partial charge in [-0.05, 0) is 71.5 Å². The van der Waals surface area contributed by atoms with Gasteiger partial charge in [0.15, 0.2) is 0 Å². The van der Waals surface area contributed by atoms with E-state index in [4.69, 9.17) is 0 Å². The third-order valence-electron chi connectivity index (χ3n) is 6.21. The largest absolute Gasteiger partial charge is 0.347 e. The number of pyridine rings is 1. The molecule has 0 aliphatic heterocycles. The van der Waals surface area contributed by atoms with E-state index < -0.39 is 0 Å². The van der Waals surface area contributed by atoms with Gasteiger partial charge in [-0.3, -0.25) is 14.0 Å². The fourth-order valence-electron chi connectivity index (χ4n) is 4.13. The van der Waals surface area contributed by atoms with Crippen LogP contribution in [-0.2, 0) is 13.1 Å². The number of nitrogens with one attached hydrogen (secondary N) is 2. The smallest absolute Gasteiger partial charge is 0.270 e. The van der Waals surface area contributed by atoms with E-state index in [2.05, 4.69) is 45.9 Å². The average molecular weight is 427 g/mol. The highest BCUT2D eigenvalue weighted by Gasteiger charge is 2.16. The van der Waals surface area contributed by atoms with Crippen LogP contribution in [0.3, 0.4) is 0 Å². The number of nitrogens with zero attached hydrogens (tertiary/aromatic N) is 2. The molecule has 2 aromatic carbocycles. The molecule has 1 aliphatic rings. The molecule has 1 fully saturated rings. The van der Waals surface area contributed by atoms with Crippen molar-refractivity contribution in [2.75, 3.05) is 6.54 Å². The predicted octanol–water partition coefficient (Wildman–Crippen LogP) is 3.67. The zero-order valence-electron chi connectivity index (χ0n) is 17.9. The van der Waals surface area contributed by atoms with Gasteiger partial charge in [-0.1, -0.05) is 36.8 Å². The summed E-state index contributed by atoms with van der Waals surface area (Å²) < 4.78 is 1.42. The molecular weight excluding hydrogens is 400 g/mol. The first-order valence-electron chi connectivity index (χ1n) is 11.1. The molecular formula is C26H26N4O2. The Morgan fingerprint density at radius 1 is 0.969 bits per heavy atom. The van der Waals surface area contributed by atoms with Crippen LogP contribution >= 0.6 is 0 Å². The Morgan fingerprint density at radius 3 is 2.50 bits per heavy atom. The first-order valence-corrected chi connectivity index (χ1v) is 11.1. The van der Waals surface area contributed by atoms with Gasteiger partial charge in [-0.2, -0.15) is 0 Å². The normalized spacial score (nSPS) is 13.9. The lowest BCUT2D eigenvalue weighted by atomic mass is 9.85. The molecule has 5 rings (SSSR count). The van der Waals surface area contributed by atoms with Crippen molar-refractivity contribution in [1.29, 1.82) is 0 Å². The summed E-state index contributed by atoms with van der Waals surface area (Å²) in [5.74, 6) is 0.488. The van der Waals surface area contributed by atoms with Crippen molar-refractivity contribution in [1.82, 2.24) is 20.0 Å². The summed E-state index contributed by atoms with van der Waals surface area (Å²) in [5, 5.41) is 8.78. The quantitative estimate of drug-likeness (QED) is 0.473. The molecule has 6 nitrogen and oxygen atoms in total. The molecule has 1 amide bonds. The highest BCUT2D eigenvalue weighted by atomic mass is 16.2. The van der Waals surface area contributed by atoms with Gasteiger partial charge < -0.3 is 10.6 Å². The summed E-state index contributed by atoms with van der Waals surface area (Å²) in [4.78, 5) is 29.1. The Hall–Kier alpha value is -3.51. The highest BCUT2D eigenvalue weighted by molar-refractivity contribution is 5.92. The minimum Gasteiger partial charge on any atom is -0.347 e. The van der Waals surface area contributed by atoms with Crippen LogP contribution in [-0.4, -0.2) is 21.8 Å². The van der Waals surface area contributed by atoms with E-state index >= 15 is 0 Å². The van der Waals surface area contributed by atoms with Gasteiger partial charge in [0.2, 0.25) is 0 Å². The monoisotopic (exact) mass is 426 g/mol. The van der Waals surface area contributed by atoms with Crippen LogP contribution in [0.15, 0.2) is 71.7 Å². The SMILES string of the molecule is O=C(NCc1ccc2ccc(CNCC3CCC3)cc2c1)c1cc(=O)n2ccccc2n1. The third-order valence-corrected chi connectivity index (χ3v) is 6.21. The molecule has 0 spiro atoms. The van der Waals surface area contributed by atoms with Crippen molar-refractivity contribution < 1.29 is 4.79 Å². The van der Waals surface area contributed by atoms with E-state index in [9.17, 15) is 9.59 Å². The number of hydrogen-bond donors (Lipinski definition) is 2. The summed E-state index contributed by atoms with van der Waals surface area (Å²) in [5.41, 5.74) is 2.57. The van der Waals surface area contributed by atoms with Crippen molar-refractivity contribution in [3.63, 3.8) is 0 Å². The van der Waals surface area contributed by atoms with Gasteiger partial charge in [0.25, 0.3) is 11.5 Å². The molecule has 32 heavy (non-hydrogen) atoms. The lowest BCUT2D eigenvalue weighted by Gasteiger charge is -2.25. The molecule has 2 N–H and O–H groups in total. The first kappa shape index (κ1) is 20.4. The molecule has 2 aromatic heterocycles. The van der Waals surface area contributed by atoms with Crippen LogP contribution in [0.4, 0.5) is 0 Å². The highest BCUT2D eigenvalue weighted by Crippen LogP contribution is 2.25. The van der Waals surface area contributed by atoms with E-state index in [1.54, 1.807) is 24.4 Å². The summed E-state index contributed by atoms with van der Waals surface area (Å²) in [7, 11) is 0. The van der Waals surface area contributed by atoms with Gasteiger partial charge in [0.1, 0.15) is 11.3 Å². The number of carbonyl (C=O) groups excluding carboxylic acids is 1. The zero-order chi connectivity index (χ0) is 21.9. The number of carbonyl (C=O) groups is 1. The Kier molecular flexibility index (Phi) is 5.69. The molecule has 0 saturated heterocycles. The minimum atomic E-state index is -0.359. The standard InChI is InChI=1S/C26H26N4O2/c31-25-14-23(29-24-6-1-2-11-30(24)25)26(32)28-17-20-8-10-21-9-7-19(12-22(21)13-20)16-27-15-18-4-3-5-18/h1-2,6-14,18,27H,3-5,15-17H2,(H,28,32). The van der Waals surface area contributed by atoms with E-state index in [1.807, 2.05) is 6.07 Å². The van der Waals surface area contributed by atoms with Crippen molar-refractivity contribution in [3.8, 4) is 0 Å². The van der Waals surface area contributed by atoms with Gasteiger partial charge in [-0.15, -0.1) is 0 Å². The third kappa shape index (κ3) is 4.41. The summed E-state index contributed by atoms with van der Waals surface area (Å²) in [6.07, 6.45) is 5.71. The summed E-state index contributed by atoms with van der Waals surface area (Å²) in [6.45, 7) is 2.34. The van der Waals surface area contributed by atoms with Crippen molar-refractivity contribution in [3.05, 3.63) is 94.0 Å². The number of hydrogen-bond acceptors (Lipinski definition) is 4. The Morgan fingerprint density at radius 2 is 1.75 bits per heavy atom. The Bertz CT molecular complexity index is 1340.